The zero-order chi connectivity index (χ0) is 20.7. The number of imidazole rings is 1. The highest BCUT2D eigenvalue weighted by atomic mass is 16.5. The van der Waals surface area contributed by atoms with E-state index in [0.717, 1.165) is 5.56 Å². The number of nitrogens with zero attached hydrogens (tertiary/aromatic N) is 3. The number of ether oxygens (including phenoxy) is 1. The van der Waals surface area contributed by atoms with E-state index in [1.165, 1.54) is 23.8 Å². The molecule has 4 rings (SSSR count). The Labute approximate surface area is 164 Å². The molecule has 0 aliphatic rings. The lowest BCUT2D eigenvalue weighted by Gasteiger charge is -2.09. The molecule has 0 aliphatic carbocycles. The predicted octanol–water partition coefficient (Wildman–Crippen LogP) is 1.90. The second kappa shape index (κ2) is 6.79. The highest BCUT2D eigenvalue weighted by Crippen LogP contribution is 2.31. The number of hydrogen-bond acceptors (Lipinski definition) is 6. The van der Waals surface area contributed by atoms with Crippen molar-refractivity contribution >= 4 is 17.1 Å². The molecule has 4 aromatic rings. The number of aromatic hydroxyl groups is 1. The lowest BCUT2D eigenvalue weighted by Crippen LogP contribution is -2.15. The normalized spacial score (nSPS) is 11.0. The summed E-state index contributed by atoms with van der Waals surface area (Å²) in [5.74, 6) is -0.477. The molecule has 0 saturated heterocycles. The zero-order valence-electron chi connectivity index (χ0n) is 15.6. The zero-order valence-corrected chi connectivity index (χ0v) is 15.6. The van der Waals surface area contributed by atoms with E-state index in [2.05, 4.69) is 15.0 Å². The lowest BCUT2D eigenvalue weighted by atomic mass is 10.1. The van der Waals surface area contributed by atoms with Crippen LogP contribution >= 0.6 is 0 Å². The van der Waals surface area contributed by atoms with Crippen molar-refractivity contribution in [1.29, 1.82) is 0 Å². The molecule has 0 bridgehead atoms. The Morgan fingerprint density at radius 3 is 2.69 bits per heavy atom. The number of rotatable bonds is 4. The van der Waals surface area contributed by atoms with Crippen LogP contribution in [-0.4, -0.2) is 37.6 Å². The molecule has 2 aromatic carbocycles. The van der Waals surface area contributed by atoms with Gasteiger partial charge >= 0.3 is 5.69 Å². The SMILES string of the molecule is COc1cc(-c2nc(C(N)=O)c3[nH]c(=O)n(-c4cccc(C)c4)c3n2)ccc1O. The van der Waals surface area contributed by atoms with E-state index in [-0.39, 0.29) is 34.2 Å². The van der Waals surface area contributed by atoms with Gasteiger partial charge in [0.2, 0.25) is 0 Å². The number of nitrogens with one attached hydrogen (secondary N) is 1. The van der Waals surface area contributed by atoms with Crippen molar-refractivity contribution in [2.45, 2.75) is 6.92 Å². The summed E-state index contributed by atoms with van der Waals surface area (Å²) in [6, 6.07) is 11.8. The quantitative estimate of drug-likeness (QED) is 0.486. The number of H-pyrrole nitrogens is 1. The number of aryl methyl sites for hydroxylation is 1. The summed E-state index contributed by atoms with van der Waals surface area (Å²) in [4.78, 5) is 36.0. The van der Waals surface area contributed by atoms with Crippen molar-refractivity contribution in [1.82, 2.24) is 19.5 Å². The van der Waals surface area contributed by atoms with Crippen LogP contribution in [0.3, 0.4) is 0 Å². The van der Waals surface area contributed by atoms with Gasteiger partial charge in [-0.2, -0.15) is 0 Å². The first-order valence-electron chi connectivity index (χ1n) is 8.66. The standard InChI is InChI=1S/C20H17N5O4/c1-10-4-3-5-12(8-10)25-19-16(23-20(25)28)15(17(21)27)22-18(24-19)11-6-7-13(26)14(9-11)29-2/h3-9,26H,1-2H3,(H2,21,27)(H,23,28). The first-order valence-corrected chi connectivity index (χ1v) is 8.66. The molecular weight excluding hydrogens is 374 g/mol. The van der Waals surface area contributed by atoms with E-state index in [1.54, 1.807) is 12.1 Å². The third-order valence-electron chi connectivity index (χ3n) is 4.47. The fraction of sp³-hybridized carbons (Fsp3) is 0.100. The molecule has 0 unspecified atom stereocenters. The van der Waals surface area contributed by atoms with E-state index in [4.69, 9.17) is 10.5 Å². The molecule has 9 heteroatoms. The van der Waals surface area contributed by atoms with Crippen molar-refractivity contribution in [2.24, 2.45) is 5.73 Å². The monoisotopic (exact) mass is 391 g/mol. The van der Waals surface area contributed by atoms with Crippen LogP contribution in [0.4, 0.5) is 0 Å². The molecule has 29 heavy (non-hydrogen) atoms. The van der Waals surface area contributed by atoms with E-state index in [0.29, 0.717) is 11.3 Å². The summed E-state index contributed by atoms with van der Waals surface area (Å²) < 4.78 is 6.48. The number of benzene rings is 2. The van der Waals surface area contributed by atoms with Gasteiger partial charge in [-0.05, 0) is 42.8 Å². The maximum absolute atomic E-state index is 12.7. The third kappa shape index (κ3) is 3.08. The van der Waals surface area contributed by atoms with Crippen molar-refractivity contribution in [2.75, 3.05) is 7.11 Å². The largest absolute Gasteiger partial charge is 0.504 e. The van der Waals surface area contributed by atoms with Crippen LogP contribution in [0.2, 0.25) is 0 Å². The Balaban J connectivity index is 2.05. The first-order chi connectivity index (χ1) is 13.9. The molecule has 0 atom stereocenters. The molecule has 0 radical (unpaired) electrons. The van der Waals surface area contributed by atoms with Gasteiger partial charge in [0, 0.05) is 5.56 Å². The Bertz CT molecular complexity index is 1320. The summed E-state index contributed by atoms with van der Waals surface area (Å²) >= 11 is 0. The maximum atomic E-state index is 12.7. The van der Waals surface area contributed by atoms with E-state index < -0.39 is 11.6 Å². The van der Waals surface area contributed by atoms with E-state index >= 15 is 0 Å². The van der Waals surface area contributed by atoms with Crippen molar-refractivity contribution in [3.05, 3.63) is 64.2 Å². The number of primary amides is 1. The summed E-state index contributed by atoms with van der Waals surface area (Å²) in [5, 5.41) is 9.83. The Kier molecular flexibility index (Phi) is 4.27. The molecule has 0 aliphatic heterocycles. The number of phenolic OH excluding ortho intramolecular Hbond substituents is 1. The fourth-order valence-corrected chi connectivity index (χ4v) is 3.12. The van der Waals surface area contributed by atoms with Gasteiger partial charge < -0.3 is 20.6 Å². The van der Waals surface area contributed by atoms with Crippen LogP contribution < -0.4 is 16.2 Å². The van der Waals surface area contributed by atoms with Crippen LogP contribution in [0.5, 0.6) is 11.5 Å². The highest BCUT2D eigenvalue weighted by molar-refractivity contribution is 6.02. The van der Waals surface area contributed by atoms with Crippen LogP contribution in [0, 0.1) is 6.92 Å². The number of carbonyl (C=O) groups excluding carboxylic acids is 1. The van der Waals surface area contributed by atoms with Gasteiger partial charge in [0.15, 0.2) is 28.7 Å². The number of aromatic amines is 1. The molecule has 0 fully saturated rings. The van der Waals surface area contributed by atoms with Crippen molar-refractivity contribution in [3.8, 4) is 28.6 Å². The molecule has 146 valence electrons. The van der Waals surface area contributed by atoms with Gasteiger partial charge in [0.05, 0.1) is 12.8 Å². The van der Waals surface area contributed by atoms with Gasteiger partial charge in [0.1, 0.15) is 5.52 Å². The van der Waals surface area contributed by atoms with Gasteiger partial charge in [-0.15, -0.1) is 0 Å². The highest BCUT2D eigenvalue weighted by Gasteiger charge is 2.20. The minimum absolute atomic E-state index is 0.0502. The number of hydrogen-bond donors (Lipinski definition) is 3. The number of fused-ring (bicyclic) bond motifs is 1. The van der Waals surface area contributed by atoms with Crippen LogP contribution in [-0.2, 0) is 0 Å². The van der Waals surface area contributed by atoms with Crippen molar-refractivity contribution < 1.29 is 14.6 Å². The summed E-state index contributed by atoms with van der Waals surface area (Å²) in [5.41, 5.74) is 7.31. The number of nitrogens with two attached hydrogens (primary N) is 1. The molecular formula is C20H17N5O4. The molecule has 2 heterocycles. The second-order valence-corrected chi connectivity index (χ2v) is 6.45. The number of amides is 1. The van der Waals surface area contributed by atoms with Gasteiger partial charge in [-0.25, -0.2) is 19.3 Å². The fourth-order valence-electron chi connectivity index (χ4n) is 3.12. The number of methoxy groups -OCH3 is 1. The molecule has 4 N–H and O–H groups in total. The summed E-state index contributed by atoms with van der Waals surface area (Å²) in [7, 11) is 1.42. The van der Waals surface area contributed by atoms with Crippen LogP contribution in [0.25, 0.3) is 28.2 Å². The minimum Gasteiger partial charge on any atom is -0.504 e. The molecule has 1 amide bonds. The van der Waals surface area contributed by atoms with Gasteiger partial charge in [-0.3, -0.25) is 4.79 Å². The molecule has 0 spiro atoms. The maximum Gasteiger partial charge on any atom is 0.332 e. The molecule has 0 saturated carbocycles. The first kappa shape index (κ1) is 18.2. The second-order valence-electron chi connectivity index (χ2n) is 6.45. The Morgan fingerprint density at radius 2 is 2.00 bits per heavy atom. The smallest absolute Gasteiger partial charge is 0.332 e. The van der Waals surface area contributed by atoms with E-state index in [1.807, 2.05) is 25.1 Å². The number of carbonyl (C=O) groups is 1. The summed E-state index contributed by atoms with van der Waals surface area (Å²) in [6.07, 6.45) is 0. The molecule has 9 nitrogen and oxygen atoms in total. The predicted molar refractivity (Wildman–Crippen MR) is 106 cm³/mol. The third-order valence-corrected chi connectivity index (χ3v) is 4.47. The van der Waals surface area contributed by atoms with Crippen molar-refractivity contribution in [3.63, 3.8) is 0 Å². The average Bonchev–Trinajstić information content (AvgIpc) is 3.03. The Hall–Kier alpha value is -4.14. The lowest BCUT2D eigenvalue weighted by molar-refractivity contribution is 0.0997. The molecule has 2 aromatic heterocycles. The van der Waals surface area contributed by atoms with Crippen LogP contribution in [0.15, 0.2) is 47.3 Å². The topological polar surface area (TPSA) is 136 Å². The van der Waals surface area contributed by atoms with Crippen LogP contribution in [0.1, 0.15) is 16.1 Å². The number of aromatic nitrogens is 4. The minimum atomic E-state index is -0.804. The average molecular weight is 391 g/mol. The Morgan fingerprint density at radius 1 is 1.21 bits per heavy atom. The van der Waals surface area contributed by atoms with E-state index in [9.17, 15) is 14.7 Å². The van der Waals surface area contributed by atoms with Gasteiger partial charge in [0.25, 0.3) is 5.91 Å². The summed E-state index contributed by atoms with van der Waals surface area (Å²) in [6.45, 7) is 1.90. The number of phenols is 1. The van der Waals surface area contributed by atoms with Gasteiger partial charge in [-0.1, -0.05) is 12.1 Å².